The Morgan fingerprint density at radius 2 is 1.91 bits per heavy atom. The molecule has 0 fully saturated rings. The van der Waals surface area contributed by atoms with Crippen molar-refractivity contribution in [3.8, 4) is 11.8 Å². The Kier molecular flexibility index (Phi) is 6.38. The molecule has 0 saturated heterocycles. The molecule has 0 N–H and O–H groups in total. The van der Waals surface area contributed by atoms with Crippen molar-refractivity contribution in [1.82, 2.24) is 14.5 Å². The number of nitrogens with zero attached hydrogens (tertiary/aromatic N) is 5. The topological polar surface area (TPSA) is 72.2 Å². The molecular formula is C26H28ClN5O3. The molecular weight excluding hydrogens is 466 g/mol. The number of anilines is 1. The number of rotatable bonds is 8. The number of amides is 1. The van der Waals surface area contributed by atoms with Crippen LogP contribution >= 0.6 is 11.6 Å². The Balaban J connectivity index is 1.53. The summed E-state index contributed by atoms with van der Waals surface area (Å²) in [7, 11) is 1.58. The van der Waals surface area contributed by atoms with E-state index in [1.165, 1.54) is 5.56 Å². The minimum Gasteiger partial charge on any atom is -0.495 e. The second-order valence-corrected chi connectivity index (χ2v) is 8.89. The van der Waals surface area contributed by atoms with E-state index in [0.717, 1.165) is 12.0 Å². The Bertz CT molecular complexity index is 1270. The fourth-order valence-corrected chi connectivity index (χ4v) is 4.94. The van der Waals surface area contributed by atoms with Crippen LogP contribution in [0.1, 0.15) is 35.5 Å². The number of aromatic nitrogens is 2. The summed E-state index contributed by atoms with van der Waals surface area (Å²) in [5, 5.41) is 0.510. The number of fused-ring (bicyclic) bond motifs is 3. The third kappa shape index (κ3) is 4.23. The molecule has 0 bridgehead atoms. The average Bonchev–Trinajstić information content (AvgIpc) is 3.42. The average molecular weight is 494 g/mol. The molecule has 3 heterocycles. The van der Waals surface area contributed by atoms with Gasteiger partial charge in [0.15, 0.2) is 11.5 Å². The minimum absolute atomic E-state index is 0.0290. The van der Waals surface area contributed by atoms with Gasteiger partial charge in [0.1, 0.15) is 5.75 Å². The molecule has 1 aromatic heterocycles. The lowest BCUT2D eigenvalue weighted by Gasteiger charge is -2.32. The first-order valence-electron chi connectivity index (χ1n) is 11.8. The molecule has 2 aliphatic heterocycles. The molecule has 1 amide bonds. The van der Waals surface area contributed by atoms with Crippen molar-refractivity contribution >= 4 is 29.3 Å². The number of carbonyl (C=O) groups excluding carboxylic acids is 1. The van der Waals surface area contributed by atoms with Crippen LogP contribution in [0.25, 0.3) is 0 Å². The lowest BCUT2D eigenvalue weighted by Crippen LogP contribution is -2.50. The van der Waals surface area contributed by atoms with E-state index in [4.69, 9.17) is 31.1 Å². The van der Waals surface area contributed by atoms with Gasteiger partial charge in [0.25, 0.3) is 11.9 Å². The number of guanidine groups is 1. The van der Waals surface area contributed by atoms with E-state index in [2.05, 4.69) is 12.1 Å². The highest BCUT2D eigenvalue weighted by atomic mass is 35.5. The highest BCUT2D eigenvalue weighted by Gasteiger charge is 2.43. The van der Waals surface area contributed by atoms with Crippen LogP contribution in [0, 0.1) is 0 Å². The molecule has 1 atom stereocenters. The second-order valence-electron chi connectivity index (χ2n) is 8.49. The van der Waals surface area contributed by atoms with Gasteiger partial charge in [-0.1, -0.05) is 48.0 Å². The van der Waals surface area contributed by atoms with Crippen molar-refractivity contribution in [1.29, 1.82) is 0 Å². The summed E-state index contributed by atoms with van der Waals surface area (Å²) >= 11 is 6.36. The Hall–Kier alpha value is -3.52. The van der Waals surface area contributed by atoms with Gasteiger partial charge in [-0.05, 0) is 43.5 Å². The van der Waals surface area contributed by atoms with Gasteiger partial charge in [-0.2, -0.15) is 4.98 Å². The zero-order valence-corrected chi connectivity index (χ0v) is 20.8. The molecule has 9 heteroatoms. The second kappa shape index (κ2) is 9.62. The Morgan fingerprint density at radius 1 is 1.11 bits per heavy atom. The highest BCUT2D eigenvalue weighted by Crippen LogP contribution is 2.36. The van der Waals surface area contributed by atoms with Crippen molar-refractivity contribution in [2.45, 2.75) is 32.9 Å². The SMILES string of the molecule is CCOc1nc2c(n1Cc1ccc(OC)c(Cl)c1)C(=O)N(CC)C1=N[C@H](Cc3ccccc3)CN12. The lowest BCUT2D eigenvalue weighted by molar-refractivity contribution is 0.0835. The molecule has 8 nitrogen and oxygen atoms in total. The van der Waals surface area contributed by atoms with Crippen LogP contribution in [0.5, 0.6) is 11.8 Å². The maximum absolute atomic E-state index is 13.7. The summed E-state index contributed by atoms with van der Waals surface area (Å²) in [5.74, 6) is 1.72. The van der Waals surface area contributed by atoms with Gasteiger partial charge in [-0.15, -0.1) is 0 Å². The standard InChI is InChI=1S/C26H28ClN5O3/c1-4-30-24(33)22-23(32-16-19(28-25(30)32)13-17-9-7-6-8-10-17)29-26(35-5-2)31(22)15-18-11-12-21(34-3)20(27)14-18/h6-12,14,19H,4-5,13,15-16H2,1-3H3/t19-/m1/s1. The van der Waals surface area contributed by atoms with Gasteiger partial charge in [0.05, 0.1) is 37.9 Å². The molecule has 0 saturated carbocycles. The van der Waals surface area contributed by atoms with Crippen LogP contribution in [0.15, 0.2) is 53.5 Å². The van der Waals surface area contributed by atoms with Crippen molar-refractivity contribution in [2.75, 3.05) is 31.7 Å². The Morgan fingerprint density at radius 3 is 2.60 bits per heavy atom. The number of aliphatic imine (C=N–C) groups is 1. The molecule has 35 heavy (non-hydrogen) atoms. The summed E-state index contributed by atoms with van der Waals surface area (Å²) in [6, 6.07) is 16.3. The van der Waals surface area contributed by atoms with Crippen LogP contribution in [0.4, 0.5) is 5.82 Å². The number of halogens is 1. The summed E-state index contributed by atoms with van der Waals surface area (Å²) in [6.45, 7) is 5.84. The Labute approximate surface area is 209 Å². The number of benzene rings is 2. The van der Waals surface area contributed by atoms with Gasteiger partial charge in [-0.3, -0.25) is 19.2 Å². The fraction of sp³-hybridized carbons (Fsp3) is 0.346. The molecule has 5 rings (SSSR count). The molecule has 2 aliphatic rings. The van der Waals surface area contributed by atoms with E-state index in [9.17, 15) is 4.79 Å². The van der Waals surface area contributed by atoms with Gasteiger partial charge in [0, 0.05) is 6.54 Å². The molecule has 182 valence electrons. The number of methoxy groups -OCH3 is 1. The van der Waals surface area contributed by atoms with Crippen molar-refractivity contribution < 1.29 is 14.3 Å². The van der Waals surface area contributed by atoms with Crippen molar-refractivity contribution in [2.24, 2.45) is 4.99 Å². The summed E-state index contributed by atoms with van der Waals surface area (Å²) in [5.41, 5.74) is 2.63. The molecule has 3 aromatic rings. The number of carbonyl (C=O) groups is 1. The van der Waals surface area contributed by atoms with Crippen LogP contribution in [0.3, 0.4) is 0 Å². The molecule has 0 spiro atoms. The monoisotopic (exact) mass is 493 g/mol. The van der Waals surface area contributed by atoms with Gasteiger partial charge in [-0.25, -0.2) is 4.99 Å². The number of hydrogen-bond donors (Lipinski definition) is 0. The van der Waals surface area contributed by atoms with Crippen LogP contribution in [-0.2, 0) is 13.0 Å². The maximum atomic E-state index is 13.7. The van der Waals surface area contributed by atoms with E-state index in [-0.39, 0.29) is 11.9 Å². The highest BCUT2D eigenvalue weighted by molar-refractivity contribution is 6.32. The predicted molar refractivity (Wildman–Crippen MR) is 136 cm³/mol. The number of imidazole rings is 1. The van der Waals surface area contributed by atoms with E-state index in [1.54, 1.807) is 12.0 Å². The molecule has 0 unspecified atom stereocenters. The number of hydrogen-bond acceptors (Lipinski definition) is 6. The van der Waals surface area contributed by atoms with Crippen LogP contribution in [0.2, 0.25) is 5.02 Å². The molecule has 2 aromatic carbocycles. The van der Waals surface area contributed by atoms with E-state index >= 15 is 0 Å². The summed E-state index contributed by atoms with van der Waals surface area (Å²) in [4.78, 5) is 27.2. The van der Waals surface area contributed by atoms with E-state index in [0.29, 0.717) is 60.5 Å². The maximum Gasteiger partial charge on any atom is 0.299 e. The van der Waals surface area contributed by atoms with Gasteiger partial charge < -0.3 is 9.47 Å². The lowest BCUT2D eigenvalue weighted by atomic mass is 10.1. The summed E-state index contributed by atoms with van der Waals surface area (Å²) < 4.78 is 13.0. The first-order valence-corrected chi connectivity index (χ1v) is 12.2. The zero-order valence-electron chi connectivity index (χ0n) is 20.1. The molecule has 0 radical (unpaired) electrons. The predicted octanol–water partition coefficient (Wildman–Crippen LogP) is 4.26. The normalized spacial score (nSPS) is 16.7. The van der Waals surface area contributed by atoms with Gasteiger partial charge >= 0.3 is 0 Å². The largest absolute Gasteiger partial charge is 0.495 e. The first kappa shape index (κ1) is 23.2. The smallest absolute Gasteiger partial charge is 0.299 e. The van der Waals surface area contributed by atoms with Gasteiger partial charge in [0.2, 0.25) is 5.96 Å². The molecule has 0 aliphatic carbocycles. The van der Waals surface area contributed by atoms with Crippen molar-refractivity contribution in [3.05, 3.63) is 70.4 Å². The van der Waals surface area contributed by atoms with E-state index in [1.807, 2.05) is 59.7 Å². The zero-order chi connectivity index (χ0) is 24.5. The number of ether oxygens (including phenoxy) is 2. The third-order valence-corrected chi connectivity index (χ3v) is 6.55. The summed E-state index contributed by atoms with van der Waals surface area (Å²) in [6.07, 6.45) is 0.797. The fourth-order valence-electron chi connectivity index (χ4n) is 4.66. The van der Waals surface area contributed by atoms with Crippen molar-refractivity contribution in [3.63, 3.8) is 0 Å². The minimum atomic E-state index is -0.129. The third-order valence-electron chi connectivity index (χ3n) is 6.25. The van der Waals surface area contributed by atoms with Crippen LogP contribution < -0.4 is 14.4 Å². The quantitative estimate of drug-likeness (QED) is 0.469. The first-order chi connectivity index (χ1) is 17.0. The van der Waals surface area contributed by atoms with E-state index < -0.39 is 0 Å². The van der Waals surface area contributed by atoms with Crippen LogP contribution in [-0.4, -0.2) is 59.2 Å².